The molecular weight excluding hydrogens is 276 g/mol. The topological polar surface area (TPSA) is 65.5 Å². The Bertz CT molecular complexity index is 375. The van der Waals surface area contributed by atoms with E-state index in [4.69, 9.17) is 4.99 Å². The van der Waals surface area contributed by atoms with Gasteiger partial charge in [-0.2, -0.15) is 0 Å². The van der Waals surface area contributed by atoms with Gasteiger partial charge in [0, 0.05) is 31.6 Å². The van der Waals surface area contributed by atoms with Gasteiger partial charge in [-0.05, 0) is 31.6 Å². The second-order valence-corrected chi connectivity index (χ2v) is 7.33. The summed E-state index contributed by atoms with van der Waals surface area (Å²) in [4.78, 5) is 16.5. The molecule has 0 bridgehead atoms. The lowest BCUT2D eigenvalue weighted by molar-refractivity contribution is -0.128. The number of guanidine groups is 1. The van der Waals surface area contributed by atoms with Gasteiger partial charge in [-0.3, -0.25) is 9.79 Å². The molecule has 22 heavy (non-hydrogen) atoms. The van der Waals surface area contributed by atoms with Crippen LogP contribution in [0.1, 0.15) is 60.3 Å². The summed E-state index contributed by atoms with van der Waals surface area (Å²) in [6.45, 7) is 13.1. The van der Waals surface area contributed by atoms with E-state index in [1.165, 1.54) is 25.7 Å². The Morgan fingerprint density at radius 3 is 2.18 bits per heavy atom. The van der Waals surface area contributed by atoms with Crippen molar-refractivity contribution in [1.29, 1.82) is 0 Å². The third-order valence-electron chi connectivity index (χ3n) is 4.47. The molecule has 0 radical (unpaired) electrons. The summed E-state index contributed by atoms with van der Waals surface area (Å²) in [5, 5.41) is 9.51. The second-order valence-electron chi connectivity index (χ2n) is 7.33. The molecular formula is C17H34N4O. The average Bonchev–Trinajstić information content (AvgIpc) is 2.41. The van der Waals surface area contributed by atoms with Crippen LogP contribution in [0.15, 0.2) is 4.99 Å². The predicted octanol–water partition coefficient (Wildman–Crippen LogP) is 2.28. The number of carbonyl (C=O) groups excluding carboxylic acids is 1. The maximum absolute atomic E-state index is 11.8. The van der Waals surface area contributed by atoms with Gasteiger partial charge in [0.05, 0.1) is 0 Å². The summed E-state index contributed by atoms with van der Waals surface area (Å²) in [7, 11) is 0. The molecule has 1 fully saturated rings. The second kappa shape index (κ2) is 8.39. The van der Waals surface area contributed by atoms with Crippen molar-refractivity contribution in [3.05, 3.63) is 0 Å². The summed E-state index contributed by atoms with van der Waals surface area (Å²) < 4.78 is 0. The van der Waals surface area contributed by atoms with E-state index in [-0.39, 0.29) is 11.3 Å². The summed E-state index contributed by atoms with van der Waals surface area (Å²) in [6.07, 6.45) is 5.14. The highest BCUT2D eigenvalue weighted by Crippen LogP contribution is 2.43. The van der Waals surface area contributed by atoms with E-state index in [1.54, 1.807) is 0 Å². The fraction of sp³-hybridized carbons (Fsp3) is 0.882. The van der Waals surface area contributed by atoms with Crippen molar-refractivity contribution in [3.63, 3.8) is 0 Å². The number of amides is 1. The third-order valence-corrected chi connectivity index (χ3v) is 4.47. The Morgan fingerprint density at radius 1 is 1.09 bits per heavy atom. The molecule has 0 aliphatic heterocycles. The minimum atomic E-state index is -0.337. The molecule has 0 unspecified atom stereocenters. The van der Waals surface area contributed by atoms with Crippen LogP contribution in [-0.4, -0.2) is 38.0 Å². The van der Waals surface area contributed by atoms with Gasteiger partial charge in [-0.25, -0.2) is 0 Å². The Labute approximate surface area is 135 Å². The summed E-state index contributed by atoms with van der Waals surface area (Å²) >= 11 is 0. The first-order valence-corrected chi connectivity index (χ1v) is 8.63. The van der Waals surface area contributed by atoms with Crippen molar-refractivity contribution in [2.45, 2.75) is 60.3 Å². The highest BCUT2D eigenvalue weighted by Gasteiger charge is 2.34. The zero-order valence-electron chi connectivity index (χ0n) is 15.0. The number of carbonyl (C=O) groups is 1. The van der Waals surface area contributed by atoms with Crippen molar-refractivity contribution in [3.8, 4) is 0 Å². The number of rotatable bonds is 7. The predicted molar refractivity (Wildman–Crippen MR) is 93.0 cm³/mol. The molecule has 0 spiro atoms. The number of aliphatic imine (C=N–C) groups is 1. The molecule has 1 aliphatic rings. The van der Waals surface area contributed by atoms with E-state index in [1.807, 2.05) is 20.8 Å². The fourth-order valence-corrected chi connectivity index (χ4v) is 2.51. The van der Waals surface area contributed by atoms with E-state index in [9.17, 15) is 4.79 Å². The first-order valence-electron chi connectivity index (χ1n) is 8.63. The quantitative estimate of drug-likeness (QED) is 0.384. The van der Waals surface area contributed by atoms with Gasteiger partial charge < -0.3 is 16.0 Å². The number of nitrogens with one attached hydrogen (secondary N) is 3. The van der Waals surface area contributed by atoms with Gasteiger partial charge >= 0.3 is 0 Å². The monoisotopic (exact) mass is 310 g/mol. The number of nitrogens with zero attached hydrogens (tertiary/aromatic N) is 1. The van der Waals surface area contributed by atoms with Crippen LogP contribution in [0.4, 0.5) is 0 Å². The SMILES string of the molecule is CCNC(=NCC1(CC)CCC1)NCCNC(=O)C(C)(C)C. The van der Waals surface area contributed by atoms with Crippen molar-refractivity contribution in [1.82, 2.24) is 16.0 Å². The van der Waals surface area contributed by atoms with Crippen LogP contribution >= 0.6 is 0 Å². The van der Waals surface area contributed by atoms with Gasteiger partial charge in [0.2, 0.25) is 5.91 Å². The van der Waals surface area contributed by atoms with E-state index in [2.05, 4.69) is 29.8 Å². The van der Waals surface area contributed by atoms with Crippen LogP contribution in [0, 0.1) is 10.8 Å². The smallest absolute Gasteiger partial charge is 0.225 e. The summed E-state index contributed by atoms with van der Waals surface area (Å²) in [5.41, 5.74) is 0.0963. The maximum Gasteiger partial charge on any atom is 0.225 e. The van der Waals surface area contributed by atoms with Crippen molar-refractivity contribution in [2.75, 3.05) is 26.2 Å². The standard InChI is InChI=1S/C17H34N4O/c1-6-17(9-8-10-17)13-21-15(18-7-2)20-12-11-19-14(22)16(3,4)5/h6-13H2,1-5H3,(H,19,22)(H2,18,20,21). The molecule has 5 heteroatoms. The number of hydrogen-bond donors (Lipinski definition) is 3. The van der Waals surface area contributed by atoms with Crippen LogP contribution in [0.5, 0.6) is 0 Å². The summed E-state index contributed by atoms with van der Waals surface area (Å²) in [5.74, 6) is 0.933. The van der Waals surface area contributed by atoms with E-state index in [0.717, 1.165) is 19.0 Å². The average molecular weight is 310 g/mol. The molecule has 0 heterocycles. The van der Waals surface area contributed by atoms with Crippen LogP contribution < -0.4 is 16.0 Å². The van der Waals surface area contributed by atoms with Gasteiger partial charge in [0.25, 0.3) is 0 Å². The molecule has 1 aliphatic carbocycles. The largest absolute Gasteiger partial charge is 0.357 e. The lowest BCUT2D eigenvalue weighted by Gasteiger charge is -2.40. The molecule has 3 N–H and O–H groups in total. The number of hydrogen-bond acceptors (Lipinski definition) is 2. The Balaban J connectivity index is 2.36. The summed E-state index contributed by atoms with van der Waals surface area (Å²) in [6, 6.07) is 0. The zero-order chi connectivity index (χ0) is 16.6. The molecule has 0 atom stereocenters. The molecule has 128 valence electrons. The van der Waals surface area contributed by atoms with Crippen LogP contribution in [0.25, 0.3) is 0 Å². The third kappa shape index (κ3) is 5.85. The van der Waals surface area contributed by atoms with Crippen molar-refractivity contribution in [2.24, 2.45) is 15.8 Å². The van der Waals surface area contributed by atoms with Gasteiger partial charge in [0.1, 0.15) is 0 Å². The Kier molecular flexibility index (Phi) is 7.17. The minimum Gasteiger partial charge on any atom is -0.357 e. The highest BCUT2D eigenvalue weighted by molar-refractivity contribution is 5.81. The first-order chi connectivity index (χ1) is 10.3. The Hall–Kier alpha value is -1.26. The molecule has 0 aromatic heterocycles. The van der Waals surface area contributed by atoms with E-state index in [0.29, 0.717) is 18.5 Å². The Morgan fingerprint density at radius 2 is 1.73 bits per heavy atom. The maximum atomic E-state index is 11.8. The van der Waals surface area contributed by atoms with Crippen molar-refractivity contribution < 1.29 is 4.79 Å². The molecule has 0 saturated heterocycles. The minimum absolute atomic E-state index is 0.0793. The molecule has 1 saturated carbocycles. The lowest BCUT2D eigenvalue weighted by atomic mass is 9.67. The highest BCUT2D eigenvalue weighted by atomic mass is 16.2. The molecule has 0 aromatic rings. The van der Waals surface area contributed by atoms with Crippen LogP contribution in [0.2, 0.25) is 0 Å². The van der Waals surface area contributed by atoms with Crippen LogP contribution in [-0.2, 0) is 4.79 Å². The zero-order valence-corrected chi connectivity index (χ0v) is 15.0. The van der Waals surface area contributed by atoms with E-state index < -0.39 is 0 Å². The normalized spacial score (nSPS) is 17.6. The first kappa shape index (κ1) is 18.8. The van der Waals surface area contributed by atoms with Gasteiger partial charge in [-0.15, -0.1) is 0 Å². The van der Waals surface area contributed by atoms with Gasteiger partial charge in [0.15, 0.2) is 5.96 Å². The van der Waals surface area contributed by atoms with Gasteiger partial charge in [-0.1, -0.05) is 34.1 Å². The fourth-order valence-electron chi connectivity index (χ4n) is 2.51. The molecule has 5 nitrogen and oxygen atoms in total. The molecule has 1 rings (SSSR count). The van der Waals surface area contributed by atoms with Crippen molar-refractivity contribution >= 4 is 11.9 Å². The molecule has 1 amide bonds. The lowest BCUT2D eigenvalue weighted by Crippen LogP contribution is -2.44. The van der Waals surface area contributed by atoms with Crippen LogP contribution in [0.3, 0.4) is 0 Å². The molecule has 0 aromatic carbocycles. The van der Waals surface area contributed by atoms with E-state index >= 15 is 0 Å².